The fourth-order valence-electron chi connectivity index (χ4n) is 3.82. The van der Waals surface area contributed by atoms with Gasteiger partial charge in [0.15, 0.2) is 4.80 Å². The number of thiazole rings is 1. The minimum atomic E-state index is -0.629. The second-order valence-electron chi connectivity index (χ2n) is 7.40. The molecule has 0 amide bonds. The van der Waals surface area contributed by atoms with Gasteiger partial charge in [0, 0.05) is 16.5 Å². The normalized spacial score (nSPS) is 15.9. The summed E-state index contributed by atoms with van der Waals surface area (Å²) in [5, 5.41) is 1.93. The summed E-state index contributed by atoms with van der Waals surface area (Å²) in [5.74, 6) is 0.884. The smallest absolute Gasteiger partial charge is 0.338 e. The van der Waals surface area contributed by atoms with Gasteiger partial charge in [-0.1, -0.05) is 47.7 Å². The quantitative estimate of drug-likeness (QED) is 0.410. The number of rotatable bonds is 5. The number of carbonyl (C=O) groups excluding carboxylic acids is 1. The Labute approximate surface area is 197 Å². The zero-order valence-electron chi connectivity index (χ0n) is 18.0. The van der Waals surface area contributed by atoms with E-state index in [0.29, 0.717) is 26.4 Å². The molecular weight excluding hydrogens is 456 g/mol. The fraction of sp³-hybridized carbons (Fsp3) is 0.160. The van der Waals surface area contributed by atoms with Crippen LogP contribution in [-0.4, -0.2) is 17.1 Å². The number of aryl methyl sites for hydroxylation is 1. The van der Waals surface area contributed by atoms with Crippen LogP contribution in [0.5, 0.6) is 0 Å². The van der Waals surface area contributed by atoms with Crippen molar-refractivity contribution in [3.63, 3.8) is 0 Å². The number of hydrogen-bond acceptors (Lipinski definition) is 7. The number of benzene rings is 1. The van der Waals surface area contributed by atoms with Crippen molar-refractivity contribution in [2.24, 2.45) is 4.99 Å². The second kappa shape index (κ2) is 8.80. The van der Waals surface area contributed by atoms with Gasteiger partial charge in [-0.25, -0.2) is 9.79 Å². The maximum Gasteiger partial charge on any atom is 0.338 e. The SMILES string of the molecule is CCOC(=O)C1=C(c2ccccc2)N=c2s/c(=C\c3ccc(C)o3)c(=O)n2C1c1cccs1. The third-order valence-corrected chi connectivity index (χ3v) is 7.13. The Bertz CT molecular complexity index is 1520. The lowest BCUT2D eigenvalue weighted by atomic mass is 9.97. The predicted octanol–water partition coefficient (Wildman–Crippen LogP) is 3.90. The van der Waals surface area contributed by atoms with E-state index >= 15 is 0 Å². The van der Waals surface area contributed by atoms with Crippen molar-refractivity contribution in [1.29, 1.82) is 0 Å². The third-order valence-electron chi connectivity index (χ3n) is 5.22. The first-order valence-electron chi connectivity index (χ1n) is 10.4. The number of aromatic nitrogens is 1. The molecule has 5 rings (SSSR count). The lowest BCUT2D eigenvalue weighted by molar-refractivity contribution is -0.138. The summed E-state index contributed by atoms with van der Waals surface area (Å²) in [6.45, 7) is 3.85. The average molecular weight is 477 g/mol. The molecule has 1 aliphatic rings. The summed E-state index contributed by atoms with van der Waals surface area (Å²) >= 11 is 2.77. The van der Waals surface area contributed by atoms with Crippen LogP contribution in [0.3, 0.4) is 0 Å². The van der Waals surface area contributed by atoms with Gasteiger partial charge >= 0.3 is 5.97 Å². The van der Waals surface area contributed by atoms with E-state index in [1.165, 1.54) is 22.7 Å². The Balaban J connectivity index is 1.82. The number of furan rings is 1. The maximum atomic E-state index is 13.6. The van der Waals surface area contributed by atoms with Crippen LogP contribution in [0.4, 0.5) is 0 Å². The largest absolute Gasteiger partial charge is 0.463 e. The molecule has 0 N–H and O–H groups in total. The van der Waals surface area contributed by atoms with E-state index in [4.69, 9.17) is 14.1 Å². The van der Waals surface area contributed by atoms with E-state index in [1.54, 1.807) is 17.6 Å². The number of ether oxygens (including phenoxy) is 1. The molecule has 0 spiro atoms. The van der Waals surface area contributed by atoms with Crippen molar-refractivity contribution in [3.8, 4) is 0 Å². The zero-order chi connectivity index (χ0) is 22.9. The number of esters is 1. The lowest BCUT2D eigenvalue weighted by Gasteiger charge is -2.24. The van der Waals surface area contributed by atoms with Gasteiger partial charge in [0.25, 0.3) is 5.56 Å². The molecule has 1 aliphatic heterocycles. The minimum Gasteiger partial charge on any atom is -0.463 e. The molecule has 8 heteroatoms. The van der Waals surface area contributed by atoms with E-state index < -0.39 is 12.0 Å². The van der Waals surface area contributed by atoms with Gasteiger partial charge in [-0.3, -0.25) is 9.36 Å². The molecule has 1 aromatic carbocycles. The van der Waals surface area contributed by atoms with Crippen molar-refractivity contribution >= 4 is 40.4 Å². The van der Waals surface area contributed by atoms with Gasteiger partial charge in [-0.05, 0) is 37.4 Å². The molecule has 0 fully saturated rings. The van der Waals surface area contributed by atoms with Gasteiger partial charge in [0.05, 0.1) is 22.4 Å². The molecule has 0 radical (unpaired) electrons. The van der Waals surface area contributed by atoms with Gasteiger partial charge in [0.1, 0.15) is 17.6 Å². The van der Waals surface area contributed by atoms with Gasteiger partial charge in [0.2, 0.25) is 0 Å². The van der Waals surface area contributed by atoms with E-state index in [2.05, 4.69) is 0 Å². The zero-order valence-corrected chi connectivity index (χ0v) is 19.6. The number of thiophene rings is 1. The van der Waals surface area contributed by atoms with Crippen LogP contribution in [-0.2, 0) is 9.53 Å². The predicted molar refractivity (Wildman–Crippen MR) is 129 cm³/mol. The molecule has 1 unspecified atom stereocenters. The van der Waals surface area contributed by atoms with Crippen LogP contribution in [0.1, 0.15) is 34.9 Å². The minimum absolute atomic E-state index is 0.222. The number of carbonyl (C=O) groups is 1. The van der Waals surface area contributed by atoms with Crippen molar-refractivity contribution in [1.82, 2.24) is 4.57 Å². The molecule has 33 heavy (non-hydrogen) atoms. The second-order valence-corrected chi connectivity index (χ2v) is 9.38. The number of fused-ring (bicyclic) bond motifs is 1. The first kappa shape index (κ1) is 21.4. The summed E-state index contributed by atoms with van der Waals surface area (Å²) in [4.78, 5) is 33.0. The fourth-order valence-corrected chi connectivity index (χ4v) is 5.62. The standard InChI is InChI=1S/C25H20N2O4S2/c1-3-30-24(29)20-21(16-8-5-4-6-9-16)26-25-27(22(20)18-10-7-13-32-18)23(28)19(33-25)14-17-12-11-15(2)31-17/h4-14,22H,3H2,1-2H3/b19-14-. The molecule has 4 aromatic rings. The summed E-state index contributed by atoms with van der Waals surface area (Å²) in [5.41, 5.74) is 1.45. The molecule has 3 aromatic heterocycles. The summed E-state index contributed by atoms with van der Waals surface area (Å²) < 4.78 is 13.2. The average Bonchev–Trinajstić information content (AvgIpc) is 3.55. The molecular formula is C25H20N2O4S2. The Kier molecular flexibility index (Phi) is 5.70. The number of hydrogen-bond donors (Lipinski definition) is 0. The molecule has 4 heterocycles. The third kappa shape index (κ3) is 3.92. The van der Waals surface area contributed by atoms with Crippen LogP contribution in [0.25, 0.3) is 11.8 Å². The van der Waals surface area contributed by atoms with E-state index in [1.807, 2.05) is 66.9 Å². The summed E-state index contributed by atoms with van der Waals surface area (Å²) in [6, 6.07) is 16.4. The van der Waals surface area contributed by atoms with Crippen LogP contribution < -0.4 is 14.9 Å². The highest BCUT2D eigenvalue weighted by atomic mass is 32.1. The Morgan fingerprint density at radius 3 is 2.67 bits per heavy atom. The Hall–Kier alpha value is -3.49. The van der Waals surface area contributed by atoms with Crippen LogP contribution in [0.2, 0.25) is 0 Å². The highest BCUT2D eigenvalue weighted by molar-refractivity contribution is 7.10. The molecule has 1 atom stereocenters. The van der Waals surface area contributed by atoms with Gasteiger partial charge < -0.3 is 9.15 Å². The highest BCUT2D eigenvalue weighted by Gasteiger charge is 2.35. The molecule has 0 aliphatic carbocycles. The van der Waals surface area contributed by atoms with Crippen LogP contribution >= 0.6 is 22.7 Å². The maximum absolute atomic E-state index is 13.6. The van der Waals surface area contributed by atoms with E-state index in [0.717, 1.165) is 16.2 Å². The Morgan fingerprint density at radius 1 is 1.18 bits per heavy atom. The molecule has 0 bridgehead atoms. The van der Waals surface area contributed by atoms with Crippen molar-refractivity contribution in [2.45, 2.75) is 19.9 Å². The van der Waals surface area contributed by atoms with E-state index in [9.17, 15) is 9.59 Å². The topological polar surface area (TPSA) is 73.8 Å². The lowest BCUT2D eigenvalue weighted by Crippen LogP contribution is -2.39. The monoisotopic (exact) mass is 476 g/mol. The Morgan fingerprint density at radius 2 is 2.00 bits per heavy atom. The number of nitrogens with zero attached hydrogens (tertiary/aromatic N) is 2. The molecule has 0 saturated carbocycles. The van der Waals surface area contributed by atoms with Gasteiger partial charge in [-0.15, -0.1) is 11.3 Å². The first-order valence-corrected chi connectivity index (χ1v) is 12.1. The summed E-state index contributed by atoms with van der Waals surface area (Å²) in [6.07, 6.45) is 1.72. The summed E-state index contributed by atoms with van der Waals surface area (Å²) in [7, 11) is 0. The first-order chi connectivity index (χ1) is 16.1. The van der Waals surface area contributed by atoms with Crippen LogP contribution in [0, 0.1) is 6.92 Å². The molecule has 0 saturated heterocycles. The highest BCUT2D eigenvalue weighted by Crippen LogP contribution is 2.36. The van der Waals surface area contributed by atoms with Crippen molar-refractivity contribution in [2.75, 3.05) is 6.61 Å². The van der Waals surface area contributed by atoms with Crippen molar-refractivity contribution in [3.05, 3.63) is 107 Å². The molecule has 6 nitrogen and oxygen atoms in total. The van der Waals surface area contributed by atoms with Crippen LogP contribution in [0.15, 0.2) is 79.8 Å². The van der Waals surface area contributed by atoms with Gasteiger partial charge in [-0.2, -0.15) is 0 Å². The van der Waals surface area contributed by atoms with Crippen molar-refractivity contribution < 1.29 is 13.9 Å². The molecule has 166 valence electrons. The van der Waals surface area contributed by atoms with E-state index in [-0.39, 0.29) is 12.2 Å².